The zero-order valence-corrected chi connectivity index (χ0v) is 26.7. The molecule has 0 aromatic rings. The second-order valence-corrected chi connectivity index (χ2v) is 14.0. The first kappa shape index (κ1) is 33.2. The number of hydrogen-bond acceptors (Lipinski definition) is 8. The molecule has 248 valence electrons. The van der Waals surface area contributed by atoms with E-state index in [1.165, 1.54) is 15.9 Å². The van der Waals surface area contributed by atoms with E-state index in [-0.39, 0.29) is 43.9 Å². The van der Waals surface area contributed by atoms with E-state index in [0.717, 1.165) is 31.3 Å². The number of halogens is 1. The molecule has 45 heavy (non-hydrogen) atoms. The topological polar surface area (TPSA) is 147 Å². The van der Waals surface area contributed by atoms with Gasteiger partial charge < -0.3 is 34.7 Å². The van der Waals surface area contributed by atoms with Crippen LogP contribution in [0.15, 0.2) is 23.0 Å². The van der Waals surface area contributed by atoms with Crippen molar-refractivity contribution in [3.63, 3.8) is 0 Å². The Bertz CT molecular complexity index is 1230. The van der Waals surface area contributed by atoms with Crippen LogP contribution in [0, 0.1) is 11.3 Å². The van der Waals surface area contributed by atoms with Crippen LogP contribution in [0.5, 0.6) is 0 Å². The summed E-state index contributed by atoms with van der Waals surface area (Å²) in [5.41, 5.74) is 0.645. The summed E-state index contributed by atoms with van der Waals surface area (Å²) in [5.74, 6) is -2.10. The van der Waals surface area contributed by atoms with Gasteiger partial charge in [-0.2, -0.15) is 0 Å². The number of allylic oxidation sites excluding steroid dienone is 1. The second-order valence-electron chi connectivity index (χ2n) is 14.0. The fourth-order valence-corrected chi connectivity index (χ4v) is 6.98. The summed E-state index contributed by atoms with van der Waals surface area (Å²) in [6.45, 7) is 7.94. The molecule has 0 spiro atoms. The SMILES string of the molecule is CCC1COB(O)C1NC(=O)[C@@H]1C[C@@H](OC(=O)N2CC3=C(C2)C(F)=CCC3)CN1C(=O)[C@@H](NC(=O)OC1CCCC1)C(C)(C)C. The van der Waals surface area contributed by atoms with Crippen molar-refractivity contribution < 1.29 is 42.7 Å². The molecular formula is C31H46BFN4O8. The van der Waals surface area contributed by atoms with Crippen LogP contribution in [0.1, 0.15) is 79.1 Å². The molecule has 5 atom stereocenters. The van der Waals surface area contributed by atoms with Gasteiger partial charge in [0, 0.05) is 25.1 Å². The van der Waals surface area contributed by atoms with Crippen LogP contribution in [-0.4, -0.2) is 102 Å². The third kappa shape index (κ3) is 7.48. The van der Waals surface area contributed by atoms with Crippen molar-refractivity contribution in [3.8, 4) is 0 Å². The number of carbonyl (C=O) groups is 4. The number of rotatable bonds is 7. The number of amides is 4. The van der Waals surface area contributed by atoms with Crippen molar-refractivity contribution in [3.05, 3.63) is 23.0 Å². The Morgan fingerprint density at radius 2 is 1.89 bits per heavy atom. The number of ether oxygens (including phenoxy) is 2. The lowest BCUT2D eigenvalue weighted by Gasteiger charge is -2.35. The smallest absolute Gasteiger partial charge is 0.446 e. The molecule has 3 N–H and O–H groups in total. The van der Waals surface area contributed by atoms with E-state index in [9.17, 15) is 28.6 Å². The molecule has 0 aromatic carbocycles. The van der Waals surface area contributed by atoms with Gasteiger partial charge in [0.2, 0.25) is 11.8 Å². The molecule has 2 aliphatic carbocycles. The van der Waals surface area contributed by atoms with Crippen LogP contribution in [0.3, 0.4) is 0 Å². The highest BCUT2D eigenvalue weighted by Crippen LogP contribution is 2.34. The fraction of sp³-hybridized carbons (Fsp3) is 0.742. The average molecular weight is 633 g/mol. The van der Waals surface area contributed by atoms with Gasteiger partial charge >= 0.3 is 19.3 Å². The van der Waals surface area contributed by atoms with Gasteiger partial charge in [-0.15, -0.1) is 0 Å². The van der Waals surface area contributed by atoms with Crippen LogP contribution in [0.4, 0.5) is 14.0 Å². The summed E-state index contributed by atoms with van der Waals surface area (Å²) in [4.78, 5) is 56.8. The summed E-state index contributed by atoms with van der Waals surface area (Å²) < 4.78 is 31.1. The molecule has 0 aromatic heterocycles. The molecule has 2 unspecified atom stereocenters. The number of carbonyl (C=O) groups excluding carboxylic acids is 4. The molecule has 3 aliphatic heterocycles. The zero-order valence-electron chi connectivity index (χ0n) is 26.7. The Morgan fingerprint density at radius 3 is 2.56 bits per heavy atom. The van der Waals surface area contributed by atoms with Gasteiger partial charge in [-0.25, -0.2) is 14.0 Å². The number of alkyl carbamates (subject to hydrolysis) is 1. The van der Waals surface area contributed by atoms with Gasteiger partial charge in [0.05, 0.1) is 19.0 Å². The molecule has 5 rings (SSSR count). The van der Waals surface area contributed by atoms with Crippen LogP contribution < -0.4 is 10.6 Å². The first-order valence-electron chi connectivity index (χ1n) is 16.3. The van der Waals surface area contributed by atoms with Gasteiger partial charge in [0.15, 0.2) is 0 Å². The minimum Gasteiger partial charge on any atom is -0.446 e. The molecule has 12 nitrogen and oxygen atoms in total. The van der Waals surface area contributed by atoms with Gasteiger partial charge in [-0.1, -0.05) is 27.7 Å². The third-order valence-electron chi connectivity index (χ3n) is 9.67. The number of hydrogen-bond donors (Lipinski definition) is 3. The van der Waals surface area contributed by atoms with Crippen molar-refractivity contribution in [2.75, 3.05) is 26.2 Å². The molecule has 0 bridgehead atoms. The van der Waals surface area contributed by atoms with E-state index in [1.807, 2.05) is 27.7 Å². The summed E-state index contributed by atoms with van der Waals surface area (Å²) in [7, 11) is -1.18. The molecule has 5 aliphatic rings. The molecule has 1 saturated carbocycles. The number of nitrogens with one attached hydrogen (secondary N) is 2. The highest BCUT2D eigenvalue weighted by molar-refractivity contribution is 6.46. The quantitative estimate of drug-likeness (QED) is 0.363. The van der Waals surface area contributed by atoms with Crippen molar-refractivity contribution >= 4 is 31.1 Å². The maximum atomic E-state index is 14.4. The zero-order chi connectivity index (χ0) is 32.5. The minimum absolute atomic E-state index is 0.0163. The van der Waals surface area contributed by atoms with Gasteiger partial charge in [-0.05, 0) is 67.9 Å². The molecule has 0 radical (unpaired) electrons. The monoisotopic (exact) mass is 632 g/mol. The van der Waals surface area contributed by atoms with Gasteiger partial charge in [-0.3, -0.25) is 14.5 Å². The van der Waals surface area contributed by atoms with Crippen LogP contribution in [0.2, 0.25) is 0 Å². The van der Waals surface area contributed by atoms with E-state index in [0.29, 0.717) is 31.4 Å². The predicted octanol–water partition coefficient (Wildman–Crippen LogP) is 3.00. The van der Waals surface area contributed by atoms with Crippen molar-refractivity contribution in [1.29, 1.82) is 0 Å². The van der Waals surface area contributed by atoms with Crippen molar-refractivity contribution in [2.24, 2.45) is 11.3 Å². The van der Waals surface area contributed by atoms with Gasteiger partial charge in [0.25, 0.3) is 0 Å². The van der Waals surface area contributed by atoms with Crippen LogP contribution >= 0.6 is 0 Å². The maximum absolute atomic E-state index is 14.4. The lowest BCUT2D eigenvalue weighted by atomic mass is 9.74. The molecular weight excluding hydrogens is 586 g/mol. The van der Waals surface area contributed by atoms with Gasteiger partial charge in [0.1, 0.15) is 30.1 Å². The summed E-state index contributed by atoms with van der Waals surface area (Å²) in [6.07, 6.45) is 4.61. The minimum atomic E-state index is -1.18. The summed E-state index contributed by atoms with van der Waals surface area (Å²) in [5, 5.41) is 16.0. The Balaban J connectivity index is 1.31. The Labute approximate surface area is 264 Å². The van der Waals surface area contributed by atoms with E-state index in [4.69, 9.17) is 14.1 Å². The van der Waals surface area contributed by atoms with E-state index >= 15 is 0 Å². The molecule has 3 heterocycles. The standard InChI is InChI=1S/C31H46BFN4O8/c1-5-18-17-43-32(42)26(18)35-27(38)24-13-21(45-30(41)36-14-19-9-8-12-23(33)22(19)16-36)15-37(24)28(39)25(31(2,3)4)34-29(40)44-20-10-6-7-11-20/h12,18,20-21,24-26,42H,5-11,13-17H2,1-4H3,(H,34,40)(H,35,38)/t18?,21-,24+,25-,26?/m1/s1. The predicted molar refractivity (Wildman–Crippen MR) is 162 cm³/mol. The van der Waals surface area contributed by atoms with E-state index in [1.54, 1.807) is 0 Å². The number of likely N-dealkylation sites (tertiary alicyclic amines) is 1. The molecule has 14 heteroatoms. The normalized spacial score (nSPS) is 27.8. The lowest BCUT2D eigenvalue weighted by molar-refractivity contribution is -0.142. The fourth-order valence-electron chi connectivity index (χ4n) is 6.98. The average Bonchev–Trinajstić information content (AvgIpc) is 3.79. The highest BCUT2D eigenvalue weighted by atomic mass is 19.1. The molecule has 4 amide bonds. The maximum Gasteiger partial charge on any atom is 0.478 e. The Morgan fingerprint density at radius 1 is 1.16 bits per heavy atom. The first-order valence-corrected chi connectivity index (χ1v) is 16.3. The van der Waals surface area contributed by atoms with Crippen molar-refractivity contribution in [1.82, 2.24) is 20.4 Å². The third-order valence-corrected chi connectivity index (χ3v) is 9.67. The molecule has 2 saturated heterocycles. The van der Waals surface area contributed by atoms with Crippen LogP contribution in [-0.2, 0) is 23.7 Å². The van der Waals surface area contributed by atoms with E-state index < -0.39 is 60.7 Å². The largest absolute Gasteiger partial charge is 0.478 e. The number of nitrogens with zero attached hydrogens (tertiary/aromatic N) is 2. The Hall–Kier alpha value is -3.13. The lowest BCUT2D eigenvalue weighted by Crippen LogP contribution is -2.59. The first-order chi connectivity index (χ1) is 21.3. The van der Waals surface area contributed by atoms with Crippen molar-refractivity contribution in [2.45, 2.75) is 109 Å². The summed E-state index contributed by atoms with van der Waals surface area (Å²) >= 11 is 0. The van der Waals surface area contributed by atoms with E-state index in [2.05, 4.69) is 10.6 Å². The van der Waals surface area contributed by atoms with Crippen LogP contribution in [0.25, 0.3) is 0 Å². The molecule has 3 fully saturated rings. The highest BCUT2D eigenvalue weighted by Gasteiger charge is 2.49. The summed E-state index contributed by atoms with van der Waals surface area (Å²) in [6, 6.07) is -2.08. The second kappa shape index (κ2) is 13.7. The Kier molecular flexibility index (Phi) is 10.1.